The number of aromatic nitrogens is 3. The Balaban J connectivity index is 1.97. The molecule has 124 valence electrons. The number of allylic oxidation sites excluding steroid dienone is 3. The fourth-order valence-corrected chi connectivity index (χ4v) is 2.27. The quantitative estimate of drug-likeness (QED) is 0.620. The average Bonchev–Trinajstić information content (AvgIpc) is 2.62. The molecule has 0 atom stereocenters. The maximum Gasteiger partial charge on any atom is 0.159 e. The standard InChI is InChI=1S/C19H17N5O/c1-2-3-14(8-9-20)23-15-10-17-18(21-11-15)12-22-19(24-17)13-4-6-16(25)7-5-13/h2-12,23,25H,1,20H2/b9-8-,14-3+. The molecule has 0 aliphatic carbocycles. The molecule has 0 bridgehead atoms. The van der Waals surface area contributed by atoms with E-state index in [1.54, 1.807) is 54.9 Å². The molecule has 0 unspecified atom stereocenters. The van der Waals surface area contributed by atoms with Crippen molar-refractivity contribution >= 4 is 16.7 Å². The summed E-state index contributed by atoms with van der Waals surface area (Å²) in [4.78, 5) is 13.3. The number of fused-ring (bicyclic) bond motifs is 1. The van der Waals surface area contributed by atoms with Crippen molar-refractivity contribution in [1.82, 2.24) is 15.0 Å². The number of rotatable bonds is 5. The molecule has 0 spiro atoms. The van der Waals surface area contributed by atoms with Gasteiger partial charge in [0.1, 0.15) is 11.3 Å². The highest BCUT2D eigenvalue weighted by Crippen LogP contribution is 2.22. The van der Waals surface area contributed by atoms with Crippen LogP contribution in [0.1, 0.15) is 0 Å². The molecule has 25 heavy (non-hydrogen) atoms. The first-order chi connectivity index (χ1) is 12.2. The van der Waals surface area contributed by atoms with Crippen LogP contribution >= 0.6 is 0 Å². The molecule has 6 nitrogen and oxygen atoms in total. The SMILES string of the molecule is C=C/C=C(\C=C/N)Nc1cnc2cnc(-c3ccc(O)cc3)nc2c1. The molecule has 0 saturated heterocycles. The van der Waals surface area contributed by atoms with Gasteiger partial charge in [-0.25, -0.2) is 9.97 Å². The summed E-state index contributed by atoms with van der Waals surface area (Å²) >= 11 is 0. The molecular weight excluding hydrogens is 314 g/mol. The van der Waals surface area contributed by atoms with Gasteiger partial charge in [0.25, 0.3) is 0 Å². The molecule has 0 fully saturated rings. The Morgan fingerprint density at radius 3 is 2.64 bits per heavy atom. The number of phenolic OH excluding ortho intramolecular Hbond substituents is 1. The lowest BCUT2D eigenvalue weighted by molar-refractivity contribution is 0.475. The fraction of sp³-hybridized carbons (Fsp3) is 0. The van der Waals surface area contributed by atoms with Crippen LogP contribution in [0.15, 0.2) is 79.4 Å². The summed E-state index contributed by atoms with van der Waals surface area (Å²) in [6.07, 6.45) is 10.0. The van der Waals surface area contributed by atoms with Crippen LogP contribution in [0.3, 0.4) is 0 Å². The van der Waals surface area contributed by atoms with Gasteiger partial charge in [-0.05, 0) is 48.7 Å². The number of aromatic hydroxyl groups is 1. The van der Waals surface area contributed by atoms with E-state index in [-0.39, 0.29) is 5.75 Å². The van der Waals surface area contributed by atoms with Crippen LogP contribution in [0.4, 0.5) is 5.69 Å². The molecule has 0 aliphatic rings. The van der Waals surface area contributed by atoms with Crippen LogP contribution in [0.5, 0.6) is 5.75 Å². The smallest absolute Gasteiger partial charge is 0.159 e. The van der Waals surface area contributed by atoms with Crippen molar-refractivity contribution in [2.75, 3.05) is 5.32 Å². The van der Waals surface area contributed by atoms with Gasteiger partial charge in [0.2, 0.25) is 0 Å². The van der Waals surface area contributed by atoms with Gasteiger partial charge >= 0.3 is 0 Å². The predicted molar refractivity (Wildman–Crippen MR) is 99.7 cm³/mol. The van der Waals surface area contributed by atoms with Crippen LogP contribution in [0, 0.1) is 0 Å². The summed E-state index contributed by atoms with van der Waals surface area (Å²) in [6, 6.07) is 8.62. The molecule has 0 amide bonds. The highest BCUT2D eigenvalue weighted by Gasteiger charge is 2.05. The van der Waals surface area contributed by atoms with E-state index < -0.39 is 0 Å². The number of pyridine rings is 1. The van der Waals surface area contributed by atoms with Crippen molar-refractivity contribution in [2.24, 2.45) is 5.73 Å². The second-order valence-electron chi connectivity index (χ2n) is 5.21. The number of nitrogens with one attached hydrogen (secondary N) is 1. The first kappa shape index (κ1) is 16.2. The normalized spacial score (nSPS) is 11.8. The lowest BCUT2D eigenvalue weighted by atomic mass is 10.2. The average molecular weight is 331 g/mol. The van der Waals surface area contributed by atoms with Gasteiger partial charge in [0, 0.05) is 11.3 Å². The zero-order valence-electron chi connectivity index (χ0n) is 13.4. The Kier molecular flexibility index (Phi) is 4.71. The molecule has 3 rings (SSSR count). The van der Waals surface area contributed by atoms with Crippen molar-refractivity contribution in [1.29, 1.82) is 0 Å². The maximum absolute atomic E-state index is 9.40. The molecule has 1 aromatic carbocycles. The van der Waals surface area contributed by atoms with Crippen LogP contribution < -0.4 is 11.1 Å². The summed E-state index contributed by atoms with van der Waals surface area (Å²) in [7, 11) is 0. The Labute approximate surface area is 145 Å². The number of hydrogen-bond acceptors (Lipinski definition) is 6. The molecule has 4 N–H and O–H groups in total. The minimum atomic E-state index is 0.201. The van der Waals surface area contributed by atoms with Crippen LogP contribution in [-0.2, 0) is 0 Å². The maximum atomic E-state index is 9.40. The van der Waals surface area contributed by atoms with Crippen molar-refractivity contribution < 1.29 is 5.11 Å². The number of benzene rings is 1. The van der Waals surface area contributed by atoms with Crippen molar-refractivity contribution in [2.45, 2.75) is 0 Å². The number of phenols is 1. The van der Waals surface area contributed by atoms with E-state index in [0.29, 0.717) is 16.9 Å². The largest absolute Gasteiger partial charge is 0.508 e. The zero-order valence-corrected chi connectivity index (χ0v) is 13.4. The minimum Gasteiger partial charge on any atom is -0.508 e. The highest BCUT2D eigenvalue weighted by atomic mass is 16.3. The Morgan fingerprint density at radius 1 is 1.12 bits per heavy atom. The second-order valence-corrected chi connectivity index (χ2v) is 5.21. The lowest BCUT2D eigenvalue weighted by Gasteiger charge is -2.08. The number of nitrogens with zero attached hydrogens (tertiary/aromatic N) is 3. The third-order valence-electron chi connectivity index (χ3n) is 3.42. The molecule has 0 radical (unpaired) electrons. The number of anilines is 1. The van der Waals surface area contributed by atoms with Gasteiger partial charge in [-0.2, -0.15) is 0 Å². The second kappa shape index (κ2) is 7.27. The van der Waals surface area contributed by atoms with E-state index in [1.807, 2.05) is 6.07 Å². The van der Waals surface area contributed by atoms with E-state index >= 15 is 0 Å². The zero-order chi connectivity index (χ0) is 17.6. The van der Waals surface area contributed by atoms with E-state index in [0.717, 1.165) is 16.9 Å². The number of hydrogen-bond donors (Lipinski definition) is 3. The van der Waals surface area contributed by atoms with Gasteiger partial charge in [-0.3, -0.25) is 4.98 Å². The van der Waals surface area contributed by atoms with E-state index in [4.69, 9.17) is 5.73 Å². The monoisotopic (exact) mass is 331 g/mol. The molecular formula is C19H17N5O. The summed E-state index contributed by atoms with van der Waals surface area (Å²) in [5.74, 6) is 0.766. The van der Waals surface area contributed by atoms with Gasteiger partial charge < -0.3 is 16.2 Å². The highest BCUT2D eigenvalue weighted by molar-refractivity contribution is 5.79. The molecule has 3 aromatic rings. The Hall–Kier alpha value is -3.67. The predicted octanol–water partition coefficient (Wildman–Crippen LogP) is 3.35. The summed E-state index contributed by atoms with van der Waals surface area (Å²) in [5.41, 5.74) is 9.22. The Morgan fingerprint density at radius 2 is 1.92 bits per heavy atom. The van der Waals surface area contributed by atoms with Crippen molar-refractivity contribution in [3.8, 4) is 17.1 Å². The summed E-state index contributed by atoms with van der Waals surface area (Å²) in [5, 5.41) is 12.6. The summed E-state index contributed by atoms with van der Waals surface area (Å²) in [6.45, 7) is 3.68. The lowest BCUT2D eigenvalue weighted by Crippen LogP contribution is -1.99. The molecule has 0 aliphatic heterocycles. The molecule has 2 aromatic heterocycles. The topological polar surface area (TPSA) is 97.0 Å². The van der Waals surface area contributed by atoms with Gasteiger partial charge in [0.15, 0.2) is 5.82 Å². The van der Waals surface area contributed by atoms with Crippen LogP contribution in [-0.4, -0.2) is 20.1 Å². The van der Waals surface area contributed by atoms with E-state index in [1.165, 1.54) is 6.20 Å². The third kappa shape index (κ3) is 3.81. The van der Waals surface area contributed by atoms with Gasteiger partial charge in [-0.1, -0.05) is 12.7 Å². The first-order valence-corrected chi connectivity index (χ1v) is 7.60. The Bertz CT molecular complexity index is 961. The van der Waals surface area contributed by atoms with Crippen LogP contribution in [0.2, 0.25) is 0 Å². The van der Waals surface area contributed by atoms with E-state index in [9.17, 15) is 5.11 Å². The fourth-order valence-electron chi connectivity index (χ4n) is 2.27. The van der Waals surface area contributed by atoms with Crippen molar-refractivity contribution in [3.63, 3.8) is 0 Å². The molecule has 2 heterocycles. The third-order valence-corrected chi connectivity index (χ3v) is 3.42. The van der Waals surface area contributed by atoms with Crippen molar-refractivity contribution in [3.05, 3.63) is 79.4 Å². The molecule has 6 heteroatoms. The number of nitrogens with two attached hydrogens (primary N) is 1. The van der Waals surface area contributed by atoms with E-state index in [2.05, 4.69) is 26.8 Å². The van der Waals surface area contributed by atoms with Gasteiger partial charge in [-0.15, -0.1) is 0 Å². The van der Waals surface area contributed by atoms with Crippen LogP contribution in [0.25, 0.3) is 22.4 Å². The minimum absolute atomic E-state index is 0.201. The van der Waals surface area contributed by atoms with Gasteiger partial charge in [0.05, 0.1) is 23.6 Å². The molecule has 0 saturated carbocycles. The summed E-state index contributed by atoms with van der Waals surface area (Å²) < 4.78 is 0. The first-order valence-electron chi connectivity index (χ1n) is 7.60.